The van der Waals surface area contributed by atoms with E-state index in [0.29, 0.717) is 6.54 Å². The predicted molar refractivity (Wildman–Crippen MR) is 69.7 cm³/mol. The normalized spacial score (nSPS) is 24.5. The molecule has 19 heavy (non-hydrogen) atoms. The second-order valence-corrected chi connectivity index (χ2v) is 5.07. The van der Waals surface area contributed by atoms with Crippen LogP contribution in [0, 0.1) is 5.92 Å². The van der Waals surface area contributed by atoms with Gasteiger partial charge in [0.15, 0.2) is 11.5 Å². The van der Waals surface area contributed by atoms with Gasteiger partial charge < -0.3 is 20.5 Å². The maximum absolute atomic E-state index is 12.1. The van der Waals surface area contributed by atoms with Crippen molar-refractivity contribution in [1.82, 2.24) is 5.32 Å². The fourth-order valence-corrected chi connectivity index (χ4v) is 2.76. The van der Waals surface area contributed by atoms with Gasteiger partial charge in [-0.05, 0) is 18.9 Å². The first kappa shape index (κ1) is 12.3. The highest BCUT2D eigenvalue weighted by molar-refractivity contribution is 5.79. The lowest BCUT2D eigenvalue weighted by Gasteiger charge is -2.15. The number of nitrogens with two attached hydrogens (primary N) is 1. The van der Waals surface area contributed by atoms with Gasteiger partial charge in [-0.3, -0.25) is 4.79 Å². The molecule has 1 heterocycles. The monoisotopic (exact) mass is 262 g/mol. The highest BCUT2D eigenvalue weighted by Crippen LogP contribution is 2.35. The van der Waals surface area contributed by atoms with Crippen LogP contribution in [0.3, 0.4) is 0 Å². The Balaban J connectivity index is 1.63. The van der Waals surface area contributed by atoms with E-state index >= 15 is 0 Å². The maximum Gasteiger partial charge on any atom is 0.231 e. The first-order valence-corrected chi connectivity index (χ1v) is 6.66. The second kappa shape index (κ2) is 5.09. The van der Waals surface area contributed by atoms with Crippen LogP contribution in [0.2, 0.25) is 0 Å². The van der Waals surface area contributed by atoms with E-state index in [4.69, 9.17) is 15.2 Å². The van der Waals surface area contributed by atoms with Crippen molar-refractivity contribution in [3.8, 4) is 11.5 Å². The van der Waals surface area contributed by atoms with Gasteiger partial charge in [-0.15, -0.1) is 0 Å². The fraction of sp³-hybridized carbons (Fsp3) is 0.500. The summed E-state index contributed by atoms with van der Waals surface area (Å²) in [5.74, 6) is 1.47. The Labute approximate surface area is 112 Å². The lowest BCUT2D eigenvalue weighted by molar-refractivity contribution is -0.125. The number of amides is 1. The Kier molecular flexibility index (Phi) is 3.29. The molecule has 0 spiro atoms. The van der Waals surface area contributed by atoms with Crippen LogP contribution in [0.1, 0.15) is 24.8 Å². The summed E-state index contributed by atoms with van der Waals surface area (Å²) in [7, 11) is 0. The zero-order valence-corrected chi connectivity index (χ0v) is 10.7. The van der Waals surface area contributed by atoms with Crippen LogP contribution in [0.25, 0.3) is 0 Å². The molecule has 0 bridgehead atoms. The SMILES string of the molecule is NC1CCCC1C(=O)NCc1cccc2c1OCO2. The van der Waals surface area contributed by atoms with Crippen molar-refractivity contribution in [2.75, 3.05) is 6.79 Å². The van der Waals surface area contributed by atoms with Crippen LogP contribution in [0.4, 0.5) is 0 Å². The smallest absolute Gasteiger partial charge is 0.231 e. The number of benzene rings is 1. The zero-order valence-electron chi connectivity index (χ0n) is 10.7. The van der Waals surface area contributed by atoms with Gasteiger partial charge in [0.25, 0.3) is 0 Å². The average molecular weight is 262 g/mol. The summed E-state index contributed by atoms with van der Waals surface area (Å²) in [6, 6.07) is 5.69. The third-order valence-electron chi connectivity index (χ3n) is 3.84. The van der Waals surface area contributed by atoms with Gasteiger partial charge in [0.05, 0.1) is 5.92 Å². The van der Waals surface area contributed by atoms with Crippen LogP contribution in [0.5, 0.6) is 11.5 Å². The molecule has 0 radical (unpaired) electrons. The molecule has 1 amide bonds. The largest absolute Gasteiger partial charge is 0.454 e. The maximum atomic E-state index is 12.1. The molecule has 2 atom stereocenters. The molecule has 1 aromatic carbocycles. The summed E-state index contributed by atoms with van der Waals surface area (Å²) in [5.41, 5.74) is 6.87. The van der Waals surface area contributed by atoms with Crippen molar-refractivity contribution in [3.05, 3.63) is 23.8 Å². The molecule has 1 aliphatic carbocycles. The summed E-state index contributed by atoms with van der Waals surface area (Å²) in [6.07, 6.45) is 2.87. The lowest BCUT2D eigenvalue weighted by Crippen LogP contribution is -2.38. The number of ether oxygens (including phenoxy) is 2. The van der Waals surface area contributed by atoms with Crippen molar-refractivity contribution in [1.29, 1.82) is 0 Å². The van der Waals surface area contributed by atoms with E-state index in [9.17, 15) is 4.79 Å². The van der Waals surface area contributed by atoms with Gasteiger partial charge >= 0.3 is 0 Å². The third-order valence-corrected chi connectivity index (χ3v) is 3.84. The molecule has 3 N–H and O–H groups in total. The van der Waals surface area contributed by atoms with Gasteiger partial charge in [-0.1, -0.05) is 18.6 Å². The molecule has 1 aromatic rings. The first-order valence-electron chi connectivity index (χ1n) is 6.66. The quantitative estimate of drug-likeness (QED) is 0.857. The van der Waals surface area contributed by atoms with Gasteiger partial charge in [-0.25, -0.2) is 0 Å². The van der Waals surface area contributed by atoms with Gasteiger partial charge in [0, 0.05) is 18.2 Å². The number of carbonyl (C=O) groups excluding carboxylic acids is 1. The number of hydrogen-bond acceptors (Lipinski definition) is 4. The van der Waals surface area contributed by atoms with Crippen LogP contribution in [-0.2, 0) is 11.3 Å². The highest BCUT2D eigenvalue weighted by atomic mass is 16.7. The number of para-hydroxylation sites is 1. The van der Waals surface area contributed by atoms with E-state index in [0.717, 1.165) is 36.3 Å². The second-order valence-electron chi connectivity index (χ2n) is 5.07. The Morgan fingerprint density at radius 2 is 2.26 bits per heavy atom. The first-order chi connectivity index (χ1) is 9.25. The number of hydrogen-bond donors (Lipinski definition) is 2. The average Bonchev–Trinajstić information content (AvgIpc) is 3.04. The third kappa shape index (κ3) is 2.38. The van der Waals surface area contributed by atoms with Crippen LogP contribution in [-0.4, -0.2) is 18.7 Å². The number of carbonyl (C=O) groups is 1. The Morgan fingerprint density at radius 1 is 1.37 bits per heavy atom. The van der Waals surface area contributed by atoms with Crippen molar-refractivity contribution in [2.45, 2.75) is 31.8 Å². The molecule has 5 heteroatoms. The van der Waals surface area contributed by atoms with Gasteiger partial charge in [0.2, 0.25) is 12.7 Å². The summed E-state index contributed by atoms with van der Waals surface area (Å²) in [4.78, 5) is 12.1. The van der Waals surface area contributed by atoms with Crippen molar-refractivity contribution < 1.29 is 14.3 Å². The number of rotatable bonds is 3. The highest BCUT2D eigenvalue weighted by Gasteiger charge is 2.30. The Bertz CT molecular complexity index is 490. The van der Waals surface area contributed by atoms with E-state index in [1.165, 1.54) is 0 Å². The van der Waals surface area contributed by atoms with Crippen molar-refractivity contribution >= 4 is 5.91 Å². The van der Waals surface area contributed by atoms with E-state index in [1.807, 2.05) is 18.2 Å². The number of fused-ring (bicyclic) bond motifs is 1. The summed E-state index contributed by atoms with van der Waals surface area (Å²) in [5, 5.41) is 2.95. The molecular weight excluding hydrogens is 244 g/mol. The topological polar surface area (TPSA) is 73.6 Å². The molecule has 1 fully saturated rings. The lowest BCUT2D eigenvalue weighted by atomic mass is 10.0. The van der Waals surface area contributed by atoms with Crippen LogP contribution < -0.4 is 20.5 Å². The van der Waals surface area contributed by atoms with Crippen molar-refractivity contribution in [3.63, 3.8) is 0 Å². The fourth-order valence-electron chi connectivity index (χ4n) is 2.76. The molecule has 5 nitrogen and oxygen atoms in total. The van der Waals surface area contributed by atoms with Gasteiger partial charge in [0.1, 0.15) is 0 Å². The van der Waals surface area contributed by atoms with Crippen molar-refractivity contribution in [2.24, 2.45) is 11.7 Å². The summed E-state index contributed by atoms with van der Waals surface area (Å²) >= 11 is 0. The summed E-state index contributed by atoms with van der Waals surface area (Å²) in [6.45, 7) is 0.697. The molecule has 2 unspecified atom stereocenters. The minimum Gasteiger partial charge on any atom is -0.454 e. The number of nitrogens with one attached hydrogen (secondary N) is 1. The van der Waals surface area contributed by atoms with Crippen LogP contribution in [0.15, 0.2) is 18.2 Å². The van der Waals surface area contributed by atoms with E-state index in [1.54, 1.807) is 0 Å². The Morgan fingerprint density at radius 3 is 3.05 bits per heavy atom. The van der Waals surface area contributed by atoms with Gasteiger partial charge in [-0.2, -0.15) is 0 Å². The molecule has 2 aliphatic rings. The summed E-state index contributed by atoms with van der Waals surface area (Å²) < 4.78 is 10.7. The molecule has 1 aliphatic heterocycles. The minimum atomic E-state index is -0.0473. The standard InChI is InChI=1S/C14H18N2O3/c15-11-5-2-4-10(11)14(17)16-7-9-3-1-6-12-13(9)19-8-18-12/h1,3,6,10-11H,2,4-5,7-8,15H2,(H,16,17). The predicted octanol–water partition coefficient (Wildman–Crippen LogP) is 1.16. The molecule has 0 aromatic heterocycles. The molecule has 102 valence electrons. The minimum absolute atomic E-state index is 0.000992. The van der Waals surface area contributed by atoms with E-state index in [-0.39, 0.29) is 24.7 Å². The molecule has 3 rings (SSSR count). The molecular formula is C14H18N2O3. The molecule has 1 saturated carbocycles. The Hall–Kier alpha value is -1.75. The zero-order chi connectivity index (χ0) is 13.2. The van der Waals surface area contributed by atoms with E-state index < -0.39 is 0 Å². The van der Waals surface area contributed by atoms with Crippen LogP contribution >= 0.6 is 0 Å². The van der Waals surface area contributed by atoms with E-state index in [2.05, 4.69) is 5.32 Å². The molecule has 0 saturated heterocycles.